The number of hydrogen-bond donors (Lipinski definition) is 3. The number of hydrogen-bond acceptors (Lipinski definition) is 4. The molecule has 0 radical (unpaired) electrons. The molecule has 0 aromatic heterocycles. The smallest absolute Gasteiger partial charge is 0.226 e. The Labute approximate surface area is 331 Å². The van der Waals surface area contributed by atoms with Crippen LogP contribution in [0, 0.1) is 52.3 Å². The van der Waals surface area contributed by atoms with Crippen molar-refractivity contribution >= 4 is 12.7 Å². The van der Waals surface area contributed by atoms with E-state index < -0.39 is 0 Å². The lowest BCUT2D eigenvalue weighted by molar-refractivity contribution is -0.176. The molecule has 8 atom stereocenters. The zero-order valence-electron chi connectivity index (χ0n) is 36.2. The van der Waals surface area contributed by atoms with Gasteiger partial charge in [-0.15, -0.1) is 6.58 Å². The van der Waals surface area contributed by atoms with Crippen LogP contribution in [-0.2, 0) is 22.6 Å². The monoisotopic (exact) mass is 745 g/mol. The first-order valence-corrected chi connectivity index (χ1v) is 21.5. The number of nitrogens with two attached hydrogens (primary N) is 1. The molecule has 0 heterocycles. The van der Waals surface area contributed by atoms with Crippen LogP contribution in [0.1, 0.15) is 155 Å². The van der Waals surface area contributed by atoms with Crippen LogP contribution in [0.2, 0.25) is 0 Å². The topological polar surface area (TPSA) is 92.4 Å². The van der Waals surface area contributed by atoms with Crippen LogP contribution in [0.3, 0.4) is 0 Å². The first kappa shape index (κ1) is 47.4. The van der Waals surface area contributed by atoms with Crippen molar-refractivity contribution in [2.75, 3.05) is 7.05 Å². The second kappa shape index (κ2) is 21.5. The molecule has 304 valence electrons. The Balaban J connectivity index is 0.000000838. The van der Waals surface area contributed by atoms with Crippen LogP contribution >= 0.6 is 0 Å². The van der Waals surface area contributed by atoms with E-state index in [0.717, 1.165) is 31.6 Å². The highest BCUT2D eigenvalue weighted by Crippen LogP contribution is 2.75. The summed E-state index contributed by atoms with van der Waals surface area (Å²) in [6.07, 6.45) is 17.0. The van der Waals surface area contributed by atoms with Crippen molar-refractivity contribution in [2.45, 2.75) is 158 Å². The molecule has 4 N–H and O–H groups in total. The molecule has 0 aliphatic heterocycles. The van der Waals surface area contributed by atoms with Crippen molar-refractivity contribution in [3.63, 3.8) is 0 Å². The largest absolute Gasteiger partial charge is 0.393 e. The average Bonchev–Trinajstić information content (AvgIpc) is 3.77. The van der Waals surface area contributed by atoms with E-state index in [9.17, 15) is 9.90 Å². The minimum Gasteiger partial charge on any atom is -0.393 e. The van der Waals surface area contributed by atoms with E-state index in [4.69, 9.17) is 4.79 Å². The maximum absolute atomic E-state index is 14.4. The van der Waals surface area contributed by atoms with Crippen molar-refractivity contribution in [1.29, 1.82) is 0 Å². The van der Waals surface area contributed by atoms with Crippen molar-refractivity contribution in [1.82, 2.24) is 5.32 Å². The quantitative estimate of drug-likeness (QED) is 0.266. The van der Waals surface area contributed by atoms with E-state index in [1.807, 2.05) is 41.4 Å². The van der Waals surface area contributed by atoms with E-state index in [1.54, 1.807) is 6.08 Å². The second-order valence-electron chi connectivity index (χ2n) is 17.0. The number of aryl methyl sites for hydroxylation is 1. The van der Waals surface area contributed by atoms with E-state index in [1.165, 1.54) is 87.1 Å². The number of aliphatic hydroxyl groups is 1. The van der Waals surface area contributed by atoms with Crippen molar-refractivity contribution in [3.8, 4) is 0 Å². The molecule has 5 saturated carbocycles. The first-order valence-electron chi connectivity index (χ1n) is 21.5. The number of fused-ring (bicyclic) bond motifs is 4. The Bertz CT molecular complexity index is 1440. The van der Waals surface area contributed by atoms with Gasteiger partial charge in [0.05, 0.1) is 11.5 Å². The van der Waals surface area contributed by atoms with Gasteiger partial charge >= 0.3 is 0 Å². The number of allylic oxidation sites excluding steroid dienone is 1. The standard InChI is InChI=1S/C40H55NO2.C3H6.2C2H6.CH5N.CH2O/c1-27-10-5-6-13-30(27)25-28-11-7-12-29(24-28)26-41-36(43)40-19-8-14-31(40)32-15-16-34-38(4)22-18-35(42)37(2,3)33(38)17-23-39(32,34)20-9-21-40;1-3-2;4*1-2/h5-7,10-13,24,31-35,42H,8-9,14-23,25-26H2,1-4H3,(H,41,43);3H,1H2,2H3;2*1-2H3;2H2,1H3;1H2. The molecule has 54 heavy (non-hydrogen) atoms. The van der Waals surface area contributed by atoms with Crippen LogP contribution in [0.4, 0.5) is 0 Å². The predicted molar refractivity (Wildman–Crippen MR) is 230 cm³/mol. The summed E-state index contributed by atoms with van der Waals surface area (Å²) in [7, 11) is 1.50. The third kappa shape index (κ3) is 9.26. The number of nitrogens with one attached hydrogen (secondary N) is 1. The summed E-state index contributed by atoms with van der Waals surface area (Å²) in [4.78, 5) is 22.4. The van der Waals surface area contributed by atoms with Crippen LogP contribution in [0.15, 0.2) is 61.2 Å². The Hall–Kier alpha value is -2.76. The number of rotatable bonds is 5. The zero-order chi connectivity index (χ0) is 40.7. The van der Waals surface area contributed by atoms with Gasteiger partial charge in [0.1, 0.15) is 6.79 Å². The molecule has 5 aliphatic rings. The van der Waals surface area contributed by atoms with Gasteiger partial charge in [-0.1, -0.05) is 116 Å². The number of carbonyl (C=O) groups excluding carboxylic acids is 2. The Morgan fingerprint density at radius 2 is 1.44 bits per heavy atom. The first-order chi connectivity index (χ1) is 26.0. The minimum atomic E-state index is -0.179. The van der Waals surface area contributed by atoms with Gasteiger partial charge < -0.3 is 21.0 Å². The van der Waals surface area contributed by atoms with Crippen molar-refractivity contribution in [3.05, 3.63) is 83.4 Å². The van der Waals surface area contributed by atoms with Crippen LogP contribution in [0.5, 0.6) is 0 Å². The predicted octanol–water partition coefficient (Wildman–Crippen LogP) is 11.4. The molecule has 0 bridgehead atoms. The summed E-state index contributed by atoms with van der Waals surface area (Å²) in [5.41, 5.74) is 10.3. The van der Waals surface area contributed by atoms with Gasteiger partial charge in [0.15, 0.2) is 0 Å². The highest BCUT2D eigenvalue weighted by atomic mass is 16.3. The van der Waals surface area contributed by atoms with E-state index >= 15 is 0 Å². The third-order valence-corrected chi connectivity index (χ3v) is 14.6. The van der Waals surface area contributed by atoms with Gasteiger partial charge in [0, 0.05) is 6.54 Å². The fraction of sp³-hybridized carbons (Fsp3) is 0.673. The molecule has 5 heteroatoms. The molecule has 2 aromatic carbocycles. The lowest BCUT2D eigenvalue weighted by Crippen LogP contribution is -2.59. The molecule has 5 fully saturated rings. The third-order valence-electron chi connectivity index (χ3n) is 14.6. The molecule has 1 spiro atoms. The van der Waals surface area contributed by atoms with Gasteiger partial charge in [0.25, 0.3) is 0 Å². The summed E-state index contributed by atoms with van der Waals surface area (Å²) in [6, 6.07) is 17.5. The summed E-state index contributed by atoms with van der Waals surface area (Å²) in [5.74, 6) is 2.94. The molecule has 5 nitrogen and oxygen atoms in total. The molecule has 8 unspecified atom stereocenters. The van der Waals surface area contributed by atoms with E-state index in [0.29, 0.717) is 41.0 Å². The average molecular weight is 745 g/mol. The molecular weight excluding hydrogens is 665 g/mol. The highest BCUT2D eigenvalue weighted by Gasteiger charge is 2.68. The molecular formula is C49H80N2O3. The van der Waals surface area contributed by atoms with Crippen molar-refractivity contribution in [2.24, 2.45) is 51.1 Å². The van der Waals surface area contributed by atoms with E-state index in [2.05, 4.69) is 93.9 Å². The number of benzene rings is 2. The van der Waals surface area contributed by atoms with E-state index in [-0.39, 0.29) is 16.9 Å². The second-order valence-corrected chi connectivity index (χ2v) is 17.0. The number of amides is 1. The Morgan fingerprint density at radius 3 is 2.11 bits per heavy atom. The lowest BCUT2D eigenvalue weighted by atomic mass is 9.41. The highest BCUT2D eigenvalue weighted by molar-refractivity contribution is 5.83. The van der Waals surface area contributed by atoms with Gasteiger partial charge in [-0.05, 0) is 154 Å². The van der Waals surface area contributed by atoms with Gasteiger partial charge in [-0.2, -0.15) is 0 Å². The summed E-state index contributed by atoms with van der Waals surface area (Å²) >= 11 is 0. The summed E-state index contributed by atoms with van der Waals surface area (Å²) in [6.45, 7) is 25.4. The SMILES string of the molecule is C=CC.C=O.CC.CC.CN.Cc1ccccc1Cc1cccc(CNC(=O)C23CCCC2C2CCC4C5(C)CCC(O)C(C)(C)C5CCC24CCC3)c1. The van der Waals surface area contributed by atoms with Gasteiger partial charge in [0.2, 0.25) is 5.91 Å². The molecule has 7 rings (SSSR count). The van der Waals surface area contributed by atoms with Gasteiger partial charge in [-0.3, -0.25) is 4.79 Å². The van der Waals surface area contributed by atoms with Crippen LogP contribution in [0.25, 0.3) is 0 Å². The number of carbonyl (C=O) groups is 2. The van der Waals surface area contributed by atoms with Crippen molar-refractivity contribution < 1.29 is 14.7 Å². The Kier molecular flexibility index (Phi) is 18.9. The molecule has 2 aromatic rings. The maximum atomic E-state index is 14.4. The van der Waals surface area contributed by atoms with Gasteiger partial charge in [-0.25, -0.2) is 0 Å². The molecule has 1 amide bonds. The Morgan fingerprint density at radius 1 is 0.815 bits per heavy atom. The molecule has 0 saturated heterocycles. The fourth-order valence-corrected chi connectivity index (χ4v) is 12.6. The van der Waals surface area contributed by atoms with Crippen LogP contribution < -0.4 is 11.1 Å². The maximum Gasteiger partial charge on any atom is 0.226 e. The number of aliphatic hydroxyl groups excluding tert-OH is 1. The fourth-order valence-electron chi connectivity index (χ4n) is 12.6. The minimum absolute atomic E-state index is 0.00561. The normalized spacial score (nSPS) is 32.2. The zero-order valence-corrected chi connectivity index (χ0v) is 36.2. The van der Waals surface area contributed by atoms with Crippen LogP contribution in [-0.4, -0.2) is 31.0 Å². The molecule has 5 aliphatic carbocycles. The summed E-state index contributed by atoms with van der Waals surface area (Å²) in [5, 5.41) is 14.5. The lowest BCUT2D eigenvalue weighted by Gasteiger charge is -2.64. The summed E-state index contributed by atoms with van der Waals surface area (Å²) < 4.78 is 0.